The van der Waals surface area contributed by atoms with E-state index in [1.807, 2.05) is 12.1 Å². The van der Waals surface area contributed by atoms with Gasteiger partial charge < -0.3 is 19.9 Å². The van der Waals surface area contributed by atoms with Gasteiger partial charge in [0.1, 0.15) is 11.5 Å². The summed E-state index contributed by atoms with van der Waals surface area (Å²) >= 11 is 0. The van der Waals surface area contributed by atoms with Crippen molar-refractivity contribution in [2.45, 2.75) is 31.7 Å². The number of phenols is 1. The highest BCUT2D eigenvalue weighted by Crippen LogP contribution is 2.33. The molecule has 0 fully saturated rings. The van der Waals surface area contributed by atoms with Crippen LogP contribution in [0, 0.1) is 0 Å². The second kappa shape index (κ2) is 6.44. The number of nitrogens with one attached hydrogen (secondary N) is 1. The van der Waals surface area contributed by atoms with Gasteiger partial charge in [0.05, 0.1) is 20.0 Å². The van der Waals surface area contributed by atoms with Crippen LogP contribution in [0.4, 0.5) is 0 Å². The predicted octanol–water partition coefficient (Wildman–Crippen LogP) is 2.93. The van der Waals surface area contributed by atoms with Gasteiger partial charge in [-0.25, -0.2) is 0 Å². The monoisotopic (exact) mass is 301 g/mol. The van der Waals surface area contributed by atoms with Crippen LogP contribution in [0.1, 0.15) is 24.8 Å². The zero-order valence-electron chi connectivity index (χ0n) is 13.2. The molecule has 1 aliphatic carbocycles. The van der Waals surface area contributed by atoms with Crippen LogP contribution in [0.3, 0.4) is 0 Å². The number of methoxy groups -OCH3 is 2. The standard InChI is InChI=1S/C18H23NO3/c1-21-15-3-4-17-13(10-15)5-6-19-18(17)9-12-7-14(20)11-16(8-12)22-2/h3,7-8,11,18-20H,4-6,9-10H2,1-2H3. The van der Waals surface area contributed by atoms with E-state index in [2.05, 4.69) is 11.4 Å². The molecule has 1 aliphatic heterocycles. The topological polar surface area (TPSA) is 50.7 Å². The zero-order chi connectivity index (χ0) is 15.5. The molecule has 0 saturated carbocycles. The van der Waals surface area contributed by atoms with Crippen molar-refractivity contribution in [2.24, 2.45) is 0 Å². The van der Waals surface area contributed by atoms with E-state index in [9.17, 15) is 5.11 Å². The van der Waals surface area contributed by atoms with Crippen molar-refractivity contribution < 1.29 is 14.6 Å². The molecular weight excluding hydrogens is 278 g/mol. The highest BCUT2D eigenvalue weighted by Gasteiger charge is 2.25. The van der Waals surface area contributed by atoms with E-state index in [0.717, 1.165) is 43.6 Å². The average Bonchev–Trinajstić information content (AvgIpc) is 2.54. The summed E-state index contributed by atoms with van der Waals surface area (Å²) in [7, 11) is 3.37. The van der Waals surface area contributed by atoms with Crippen LogP contribution < -0.4 is 10.1 Å². The minimum absolute atomic E-state index is 0.254. The number of hydrogen-bond acceptors (Lipinski definition) is 4. The Balaban J connectivity index is 1.79. The van der Waals surface area contributed by atoms with Crippen molar-refractivity contribution in [1.82, 2.24) is 5.32 Å². The van der Waals surface area contributed by atoms with Crippen molar-refractivity contribution in [2.75, 3.05) is 20.8 Å². The lowest BCUT2D eigenvalue weighted by Crippen LogP contribution is -2.39. The normalized spacial score (nSPS) is 21.2. The summed E-state index contributed by atoms with van der Waals surface area (Å²) in [6.07, 6.45) is 6.02. The highest BCUT2D eigenvalue weighted by molar-refractivity contribution is 5.40. The predicted molar refractivity (Wildman–Crippen MR) is 86.1 cm³/mol. The Labute approximate surface area is 131 Å². The minimum atomic E-state index is 0.254. The first-order valence-electron chi connectivity index (χ1n) is 7.73. The lowest BCUT2D eigenvalue weighted by atomic mass is 9.83. The lowest BCUT2D eigenvalue weighted by Gasteiger charge is -2.32. The van der Waals surface area contributed by atoms with Crippen LogP contribution in [0.15, 0.2) is 41.2 Å². The first-order chi connectivity index (χ1) is 10.7. The number of allylic oxidation sites excluding steroid dienone is 2. The van der Waals surface area contributed by atoms with Crippen molar-refractivity contribution in [1.29, 1.82) is 0 Å². The van der Waals surface area contributed by atoms with E-state index in [4.69, 9.17) is 9.47 Å². The maximum absolute atomic E-state index is 9.82. The summed E-state index contributed by atoms with van der Waals surface area (Å²) in [6.45, 7) is 0.996. The molecule has 0 bridgehead atoms. The fraction of sp³-hybridized carbons (Fsp3) is 0.444. The molecule has 1 aromatic rings. The summed E-state index contributed by atoms with van der Waals surface area (Å²) in [5.74, 6) is 2.04. The van der Waals surface area contributed by atoms with Gasteiger partial charge in [0.2, 0.25) is 0 Å². The molecule has 3 rings (SSSR count). The Morgan fingerprint density at radius 2 is 2.09 bits per heavy atom. The van der Waals surface area contributed by atoms with Crippen LogP contribution >= 0.6 is 0 Å². The molecule has 0 spiro atoms. The zero-order valence-corrected chi connectivity index (χ0v) is 13.2. The van der Waals surface area contributed by atoms with Crippen LogP contribution in [0.5, 0.6) is 11.5 Å². The SMILES string of the molecule is COC1=CCC2=C(CCNC2Cc2cc(O)cc(OC)c2)C1. The fourth-order valence-electron chi connectivity index (χ4n) is 3.39. The second-order valence-electron chi connectivity index (χ2n) is 5.88. The second-order valence-corrected chi connectivity index (χ2v) is 5.88. The Kier molecular flexibility index (Phi) is 4.39. The molecular formula is C18H23NO3. The van der Waals surface area contributed by atoms with Gasteiger partial charge >= 0.3 is 0 Å². The molecule has 22 heavy (non-hydrogen) atoms. The van der Waals surface area contributed by atoms with Crippen molar-refractivity contribution in [3.05, 3.63) is 46.7 Å². The Hall–Kier alpha value is -1.94. The van der Waals surface area contributed by atoms with Gasteiger partial charge in [0.25, 0.3) is 0 Å². The number of ether oxygens (including phenoxy) is 2. The van der Waals surface area contributed by atoms with Crippen LogP contribution in [-0.2, 0) is 11.2 Å². The molecule has 0 radical (unpaired) electrons. The Morgan fingerprint density at radius 3 is 2.86 bits per heavy atom. The van der Waals surface area contributed by atoms with Gasteiger partial charge in [-0.05, 0) is 55.2 Å². The quantitative estimate of drug-likeness (QED) is 0.840. The van der Waals surface area contributed by atoms with Crippen LogP contribution in [-0.4, -0.2) is 31.9 Å². The molecule has 2 aliphatic rings. The molecule has 4 nitrogen and oxygen atoms in total. The highest BCUT2D eigenvalue weighted by atomic mass is 16.5. The van der Waals surface area contributed by atoms with Crippen molar-refractivity contribution in [3.8, 4) is 11.5 Å². The molecule has 1 unspecified atom stereocenters. The molecule has 118 valence electrons. The van der Waals surface area contributed by atoms with Gasteiger partial charge in [-0.1, -0.05) is 5.57 Å². The summed E-state index contributed by atoms with van der Waals surface area (Å²) < 4.78 is 10.6. The number of hydrogen-bond donors (Lipinski definition) is 2. The van der Waals surface area contributed by atoms with E-state index < -0.39 is 0 Å². The summed E-state index contributed by atoms with van der Waals surface area (Å²) in [4.78, 5) is 0. The first-order valence-corrected chi connectivity index (χ1v) is 7.73. The minimum Gasteiger partial charge on any atom is -0.508 e. The molecule has 1 atom stereocenters. The molecule has 0 saturated heterocycles. The van der Waals surface area contributed by atoms with Gasteiger partial charge in [-0.3, -0.25) is 0 Å². The maximum Gasteiger partial charge on any atom is 0.122 e. The van der Waals surface area contributed by atoms with E-state index in [-0.39, 0.29) is 5.75 Å². The van der Waals surface area contributed by atoms with Gasteiger partial charge in [-0.2, -0.15) is 0 Å². The first kappa shape index (κ1) is 15.0. The van der Waals surface area contributed by atoms with E-state index >= 15 is 0 Å². The summed E-state index contributed by atoms with van der Waals surface area (Å²) in [6, 6.07) is 5.77. The number of phenolic OH excluding ortho intramolecular Hbond substituents is 1. The van der Waals surface area contributed by atoms with Crippen molar-refractivity contribution in [3.63, 3.8) is 0 Å². The number of rotatable bonds is 4. The molecule has 0 aromatic heterocycles. The van der Waals surface area contributed by atoms with Gasteiger partial charge in [-0.15, -0.1) is 0 Å². The number of benzene rings is 1. The Morgan fingerprint density at radius 1 is 1.23 bits per heavy atom. The van der Waals surface area contributed by atoms with E-state index in [1.54, 1.807) is 20.3 Å². The van der Waals surface area contributed by atoms with E-state index in [1.165, 1.54) is 11.1 Å². The van der Waals surface area contributed by atoms with Crippen molar-refractivity contribution >= 4 is 0 Å². The average molecular weight is 301 g/mol. The maximum atomic E-state index is 9.82. The van der Waals surface area contributed by atoms with E-state index in [0.29, 0.717) is 11.8 Å². The largest absolute Gasteiger partial charge is 0.508 e. The van der Waals surface area contributed by atoms with Gasteiger partial charge in [0.15, 0.2) is 0 Å². The third-order valence-electron chi connectivity index (χ3n) is 4.52. The summed E-state index contributed by atoms with van der Waals surface area (Å²) in [5, 5.41) is 13.4. The van der Waals surface area contributed by atoms with Crippen LogP contribution in [0.25, 0.3) is 0 Å². The Bertz CT molecular complexity index is 619. The van der Waals surface area contributed by atoms with Gasteiger partial charge in [0, 0.05) is 18.5 Å². The molecule has 1 aromatic carbocycles. The molecule has 2 N–H and O–H groups in total. The molecule has 1 heterocycles. The number of aromatic hydroxyl groups is 1. The molecule has 0 amide bonds. The third kappa shape index (κ3) is 3.12. The summed E-state index contributed by atoms with van der Waals surface area (Å²) in [5.41, 5.74) is 4.08. The lowest BCUT2D eigenvalue weighted by molar-refractivity contribution is 0.276. The third-order valence-corrected chi connectivity index (χ3v) is 4.52. The molecule has 4 heteroatoms. The fourth-order valence-corrected chi connectivity index (χ4v) is 3.39. The van der Waals surface area contributed by atoms with Crippen LogP contribution in [0.2, 0.25) is 0 Å². The smallest absolute Gasteiger partial charge is 0.122 e.